The maximum absolute atomic E-state index is 12.9. The molecule has 2 atom stereocenters. The molecule has 4 heteroatoms. The van der Waals surface area contributed by atoms with Crippen LogP contribution in [0.15, 0.2) is 24.3 Å². The van der Waals surface area contributed by atoms with Crippen LogP contribution in [-0.4, -0.2) is 25.5 Å². The Bertz CT molecular complexity index is 508. The minimum Gasteiger partial charge on any atom is -0.355 e. The van der Waals surface area contributed by atoms with Crippen molar-refractivity contribution in [3.8, 4) is 0 Å². The monoisotopic (exact) mass is 290 g/mol. The maximum Gasteiger partial charge on any atom is 0.223 e. The highest BCUT2D eigenvalue weighted by Crippen LogP contribution is 2.58. The van der Waals surface area contributed by atoms with Crippen LogP contribution in [0.25, 0.3) is 0 Å². The van der Waals surface area contributed by atoms with E-state index in [1.165, 1.54) is 12.1 Å². The van der Waals surface area contributed by atoms with Crippen LogP contribution in [0, 0.1) is 17.2 Å². The molecule has 21 heavy (non-hydrogen) atoms. The predicted molar refractivity (Wildman–Crippen MR) is 80.5 cm³/mol. The molecule has 0 radical (unpaired) electrons. The van der Waals surface area contributed by atoms with E-state index in [1.54, 1.807) is 12.1 Å². The van der Waals surface area contributed by atoms with E-state index in [4.69, 9.17) is 0 Å². The predicted octanol–water partition coefficient (Wildman–Crippen LogP) is 2.44. The van der Waals surface area contributed by atoms with E-state index in [1.807, 2.05) is 0 Å². The van der Waals surface area contributed by atoms with Gasteiger partial charge in [0.15, 0.2) is 0 Å². The van der Waals surface area contributed by atoms with Gasteiger partial charge in [0.2, 0.25) is 5.91 Å². The van der Waals surface area contributed by atoms with Crippen LogP contribution in [0.2, 0.25) is 0 Å². The topological polar surface area (TPSA) is 41.1 Å². The second-order valence-electron chi connectivity index (χ2n) is 6.57. The summed E-state index contributed by atoms with van der Waals surface area (Å²) >= 11 is 0. The van der Waals surface area contributed by atoms with Gasteiger partial charge in [-0.1, -0.05) is 19.1 Å². The molecule has 2 N–H and O–H groups in total. The van der Waals surface area contributed by atoms with Crippen molar-refractivity contribution in [2.75, 3.05) is 19.6 Å². The highest BCUT2D eigenvalue weighted by Gasteiger charge is 2.57. The van der Waals surface area contributed by atoms with Crippen molar-refractivity contribution in [1.29, 1.82) is 0 Å². The average Bonchev–Trinajstić information content (AvgIpc) is 3.19. The summed E-state index contributed by atoms with van der Waals surface area (Å²) < 4.78 is 12.9. The van der Waals surface area contributed by atoms with Crippen LogP contribution in [0.3, 0.4) is 0 Å². The van der Waals surface area contributed by atoms with Crippen molar-refractivity contribution < 1.29 is 9.18 Å². The Balaban J connectivity index is 1.49. The van der Waals surface area contributed by atoms with E-state index >= 15 is 0 Å². The van der Waals surface area contributed by atoms with Gasteiger partial charge in [0.25, 0.3) is 0 Å². The first-order valence-electron chi connectivity index (χ1n) is 7.85. The molecular formula is C17H23FN2O. The molecule has 1 aromatic carbocycles. The van der Waals surface area contributed by atoms with Crippen molar-refractivity contribution in [2.45, 2.75) is 32.1 Å². The standard InChI is InChI=1S/C17H23FN2O/c1-12(13-2-4-14(18)5-3-13)11-20-16(21)15-10-17(15)6-8-19-9-7-17/h2-5,12,15,19H,6-11H2,1H3,(H,20,21). The van der Waals surface area contributed by atoms with Crippen molar-refractivity contribution in [3.05, 3.63) is 35.6 Å². The summed E-state index contributed by atoms with van der Waals surface area (Å²) in [6.45, 7) is 4.75. The summed E-state index contributed by atoms with van der Waals surface area (Å²) in [6, 6.07) is 6.52. The number of amides is 1. The van der Waals surface area contributed by atoms with Crippen LogP contribution in [0.5, 0.6) is 0 Å². The Hall–Kier alpha value is -1.42. The Morgan fingerprint density at radius 3 is 2.71 bits per heavy atom. The summed E-state index contributed by atoms with van der Waals surface area (Å²) in [6.07, 6.45) is 3.29. The van der Waals surface area contributed by atoms with Gasteiger partial charge in [-0.05, 0) is 61.4 Å². The molecule has 0 bridgehead atoms. The Morgan fingerprint density at radius 1 is 1.38 bits per heavy atom. The molecule has 2 aliphatic rings. The fourth-order valence-corrected chi connectivity index (χ4v) is 3.48. The van der Waals surface area contributed by atoms with Crippen LogP contribution >= 0.6 is 0 Å². The number of carbonyl (C=O) groups excluding carboxylic acids is 1. The number of nitrogens with one attached hydrogen (secondary N) is 2. The lowest BCUT2D eigenvalue weighted by atomic mass is 9.91. The maximum atomic E-state index is 12.9. The van der Waals surface area contributed by atoms with Crippen LogP contribution in [-0.2, 0) is 4.79 Å². The Morgan fingerprint density at radius 2 is 2.05 bits per heavy atom. The van der Waals surface area contributed by atoms with Gasteiger partial charge >= 0.3 is 0 Å². The van der Waals surface area contributed by atoms with E-state index in [0.29, 0.717) is 6.54 Å². The average molecular weight is 290 g/mol. The molecule has 1 aromatic rings. The Kier molecular flexibility index (Phi) is 3.98. The summed E-state index contributed by atoms with van der Waals surface area (Å²) in [5.74, 6) is 0.393. The molecular weight excluding hydrogens is 267 g/mol. The summed E-state index contributed by atoms with van der Waals surface area (Å²) in [5.41, 5.74) is 1.35. The molecule has 1 aliphatic heterocycles. The molecule has 2 fully saturated rings. The van der Waals surface area contributed by atoms with Crippen LogP contribution < -0.4 is 10.6 Å². The lowest BCUT2D eigenvalue weighted by Crippen LogP contribution is -2.34. The van der Waals surface area contributed by atoms with E-state index in [9.17, 15) is 9.18 Å². The number of halogens is 1. The lowest BCUT2D eigenvalue weighted by Gasteiger charge is -2.23. The molecule has 114 valence electrons. The first kappa shape index (κ1) is 14.5. The summed E-state index contributed by atoms with van der Waals surface area (Å²) in [5, 5.41) is 6.43. The number of piperidine rings is 1. The van der Waals surface area contributed by atoms with Gasteiger partial charge in [-0.15, -0.1) is 0 Å². The fourth-order valence-electron chi connectivity index (χ4n) is 3.48. The van der Waals surface area contributed by atoms with Crippen LogP contribution in [0.4, 0.5) is 4.39 Å². The van der Waals surface area contributed by atoms with Gasteiger partial charge in [-0.3, -0.25) is 4.79 Å². The highest BCUT2D eigenvalue weighted by molar-refractivity contribution is 5.82. The third-order valence-corrected chi connectivity index (χ3v) is 5.13. The second kappa shape index (κ2) is 5.76. The minimum atomic E-state index is -0.221. The number of carbonyl (C=O) groups is 1. The van der Waals surface area contributed by atoms with Gasteiger partial charge in [-0.25, -0.2) is 4.39 Å². The normalized spacial score (nSPS) is 24.6. The van der Waals surface area contributed by atoms with Crippen molar-refractivity contribution in [1.82, 2.24) is 10.6 Å². The quantitative estimate of drug-likeness (QED) is 0.894. The van der Waals surface area contributed by atoms with Gasteiger partial charge < -0.3 is 10.6 Å². The fraction of sp³-hybridized carbons (Fsp3) is 0.588. The zero-order valence-electron chi connectivity index (χ0n) is 12.5. The SMILES string of the molecule is CC(CNC(=O)C1CC12CCNCC2)c1ccc(F)cc1. The molecule has 0 aromatic heterocycles. The third kappa shape index (κ3) is 3.10. The molecule has 1 spiro atoms. The first-order chi connectivity index (χ1) is 10.1. The van der Waals surface area contributed by atoms with Crippen molar-refractivity contribution >= 4 is 5.91 Å². The van der Waals surface area contributed by atoms with Gasteiger partial charge in [0.05, 0.1) is 0 Å². The third-order valence-electron chi connectivity index (χ3n) is 5.13. The number of hydrogen-bond acceptors (Lipinski definition) is 2. The summed E-state index contributed by atoms with van der Waals surface area (Å²) in [4.78, 5) is 12.3. The summed E-state index contributed by atoms with van der Waals surface area (Å²) in [7, 11) is 0. The number of hydrogen-bond donors (Lipinski definition) is 2. The van der Waals surface area contributed by atoms with Crippen molar-refractivity contribution in [3.63, 3.8) is 0 Å². The number of rotatable bonds is 4. The van der Waals surface area contributed by atoms with Gasteiger partial charge in [-0.2, -0.15) is 0 Å². The zero-order chi connectivity index (χ0) is 14.9. The number of benzene rings is 1. The first-order valence-corrected chi connectivity index (χ1v) is 7.85. The smallest absolute Gasteiger partial charge is 0.223 e. The molecule has 2 unspecified atom stereocenters. The second-order valence-corrected chi connectivity index (χ2v) is 6.57. The molecule has 1 aliphatic carbocycles. The van der Waals surface area contributed by atoms with Crippen molar-refractivity contribution in [2.24, 2.45) is 11.3 Å². The molecule has 1 heterocycles. The zero-order valence-corrected chi connectivity index (χ0v) is 12.5. The van der Waals surface area contributed by atoms with Gasteiger partial charge in [0, 0.05) is 12.5 Å². The molecule has 1 saturated heterocycles. The molecule has 3 nitrogen and oxygen atoms in total. The van der Waals surface area contributed by atoms with E-state index in [-0.39, 0.29) is 29.0 Å². The van der Waals surface area contributed by atoms with E-state index in [0.717, 1.165) is 37.9 Å². The van der Waals surface area contributed by atoms with E-state index in [2.05, 4.69) is 17.6 Å². The largest absolute Gasteiger partial charge is 0.355 e. The van der Waals surface area contributed by atoms with Gasteiger partial charge in [0.1, 0.15) is 5.82 Å². The lowest BCUT2D eigenvalue weighted by molar-refractivity contribution is -0.123. The van der Waals surface area contributed by atoms with Crippen LogP contribution in [0.1, 0.15) is 37.7 Å². The highest BCUT2D eigenvalue weighted by atomic mass is 19.1. The Labute approximate surface area is 125 Å². The van der Waals surface area contributed by atoms with E-state index < -0.39 is 0 Å². The molecule has 1 saturated carbocycles. The molecule has 1 amide bonds. The minimum absolute atomic E-state index is 0.200. The molecule has 3 rings (SSSR count).